The number of aromatic hydroxyl groups is 1. The van der Waals surface area contributed by atoms with Crippen LogP contribution in [0.3, 0.4) is 0 Å². The van der Waals surface area contributed by atoms with Gasteiger partial charge in [-0.3, -0.25) is 9.59 Å². The van der Waals surface area contributed by atoms with Crippen molar-refractivity contribution in [2.45, 2.75) is 179 Å². The van der Waals surface area contributed by atoms with Crippen molar-refractivity contribution >= 4 is 17.8 Å². The Kier molecular flexibility index (Phi) is 16.2. The molecule has 0 spiro atoms. The molecule has 0 aromatic heterocycles. The molecular formula is C47H74N2O11. The van der Waals surface area contributed by atoms with Crippen LogP contribution < -0.4 is 15.4 Å². The smallest absolute Gasteiger partial charge is 0.332 e. The summed E-state index contributed by atoms with van der Waals surface area (Å²) in [6, 6.07) is 3.64. The zero-order valence-corrected chi connectivity index (χ0v) is 36.3. The molecule has 1 aromatic carbocycles. The normalized spacial score (nSPS) is 27.2. The van der Waals surface area contributed by atoms with Crippen molar-refractivity contribution in [3.63, 3.8) is 0 Å². The highest BCUT2D eigenvalue weighted by Gasteiger charge is 2.54. The van der Waals surface area contributed by atoms with Crippen LogP contribution in [0.1, 0.15) is 147 Å². The van der Waals surface area contributed by atoms with E-state index in [-0.39, 0.29) is 54.5 Å². The lowest BCUT2D eigenvalue weighted by molar-refractivity contribution is -0.179. The van der Waals surface area contributed by atoms with Gasteiger partial charge in [-0.2, -0.15) is 0 Å². The number of phenols is 1. The number of fused-ring (bicyclic) bond motifs is 2. The second-order valence-electron chi connectivity index (χ2n) is 19.3. The van der Waals surface area contributed by atoms with Crippen LogP contribution >= 0.6 is 0 Å². The van der Waals surface area contributed by atoms with E-state index in [9.17, 15) is 35.1 Å². The minimum atomic E-state index is -1.14. The van der Waals surface area contributed by atoms with Gasteiger partial charge in [-0.25, -0.2) is 4.79 Å². The number of carbonyl (C=O) groups is 3. The Labute approximate surface area is 356 Å². The Hall–Kier alpha value is -2.97. The fraction of sp³-hybridized carbons (Fsp3) is 0.809. The van der Waals surface area contributed by atoms with Gasteiger partial charge in [0, 0.05) is 49.9 Å². The molecule has 7 N–H and O–H groups in total. The lowest BCUT2D eigenvalue weighted by atomic mass is 9.65. The Morgan fingerprint density at radius 2 is 1.65 bits per heavy atom. The molecule has 3 heterocycles. The van der Waals surface area contributed by atoms with Gasteiger partial charge in [0.25, 0.3) is 0 Å². The Morgan fingerprint density at radius 1 is 0.917 bits per heavy atom. The Bertz CT molecular complexity index is 1590. The van der Waals surface area contributed by atoms with Gasteiger partial charge in [-0.1, -0.05) is 31.7 Å². The van der Waals surface area contributed by atoms with Gasteiger partial charge in [0.05, 0.1) is 18.8 Å². The monoisotopic (exact) mass is 843 g/mol. The lowest BCUT2D eigenvalue weighted by Crippen LogP contribution is -2.65. The zero-order chi connectivity index (χ0) is 42.9. The fourth-order valence-corrected chi connectivity index (χ4v) is 11.8. The van der Waals surface area contributed by atoms with Gasteiger partial charge in [0.15, 0.2) is 11.5 Å². The highest BCUT2D eigenvalue weighted by Crippen LogP contribution is 2.52. The summed E-state index contributed by atoms with van der Waals surface area (Å²) in [4.78, 5) is 41.1. The quantitative estimate of drug-likeness (QED) is 0.0851. The standard InChI is InChI=1S/C47H74N2O11/c1-31(52)10-11-33(12-15-37(54)9-7-25-50)40(59-32(2)53)27-41(60-44(57)47-20-4-3-8-35(47)14-17-42(56)49-47)45(21-23-48-24-22-45)28-34-13-16-39(55)43-38(34)26-36(29-58-43)46(30-51)18-5-6-19-46/h13,16,31,33,35-37,40-41,48,50-52,54-55H,3-12,14-15,17-30H2,1-2H3,(H,49,56). The van der Waals surface area contributed by atoms with Crippen molar-refractivity contribution < 1.29 is 54.1 Å². The highest BCUT2D eigenvalue weighted by molar-refractivity contribution is 5.90. The van der Waals surface area contributed by atoms with Crippen LogP contribution in [0.25, 0.3) is 0 Å². The van der Waals surface area contributed by atoms with Gasteiger partial charge in [0.2, 0.25) is 5.91 Å². The molecule has 0 bridgehead atoms. The molecule has 8 atom stereocenters. The number of aliphatic hydroxyl groups excluding tert-OH is 4. The van der Waals surface area contributed by atoms with Crippen molar-refractivity contribution in [2.24, 2.45) is 28.6 Å². The van der Waals surface area contributed by atoms with E-state index < -0.39 is 47.3 Å². The maximum absolute atomic E-state index is 15.1. The number of esters is 2. The first-order valence-corrected chi connectivity index (χ1v) is 23.3. The summed E-state index contributed by atoms with van der Waals surface area (Å²) in [7, 11) is 0. The topological polar surface area (TPSA) is 204 Å². The third kappa shape index (κ3) is 10.8. The first-order chi connectivity index (χ1) is 28.8. The van der Waals surface area contributed by atoms with Crippen LogP contribution in [0.15, 0.2) is 12.1 Å². The number of carbonyl (C=O) groups excluding carboxylic acids is 3. The molecule has 0 radical (unpaired) electrons. The first-order valence-electron chi connectivity index (χ1n) is 23.3. The zero-order valence-electron chi connectivity index (χ0n) is 36.3. The lowest BCUT2D eigenvalue weighted by Gasteiger charge is -2.49. The van der Waals surface area contributed by atoms with E-state index >= 15 is 4.79 Å². The van der Waals surface area contributed by atoms with E-state index in [1.54, 1.807) is 13.0 Å². The predicted molar refractivity (Wildman–Crippen MR) is 225 cm³/mol. The third-order valence-electron chi connectivity index (χ3n) is 15.4. The molecule has 60 heavy (non-hydrogen) atoms. The molecule has 2 aliphatic carbocycles. The van der Waals surface area contributed by atoms with E-state index in [4.69, 9.17) is 14.2 Å². The maximum Gasteiger partial charge on any atom is 0.332 e. The van der Waals surface area contributed by atoms with Crippen molar-refractivity contribution in [1.29, 1.82) is 0 Å². The number of phenolic OH excluding ortho intramolecular Hbond substituents is 1. The summed E-state index contributed by atoms with van der Waals surface area (Å²) < 4.78 is 19.6. The third-order valence-corrected chi connectivity index (χ3v) is 15.4. The van der Waals surface area contributed by atoms with Crippen LogP contribution in [-0.4, -0.2) is 106 Å². The largest absolute Gasteiger partial charge is 0.504 e. The Balaban J connectivity index is 1.41. The van der Waals surface area contributed by atoms with Crippen LogP contribution in [0, 0.1) is 28.6 Å². The summed E-state index contributed by atoms with van der Waals surface area (Å²) in [5, 5.41) is 59.2. The number of aliphatic hydroxyl groups is 4. The van der Waals surface area contributed by atoms with Gasteiger partial charge < -0.3 is 50.4 Å². The summed E-state index contributed by atoms with van der Waals surface area (Å²) in [6.45, 7) is 4.90. The van der Waals surface area contributed by atoms with Crippen LogP contribution in [0.4, 0.5) is 0 Å². The molecule has 1 aromatic rings. The summed E-state index contributed by atoms with van der Waals surface area (Å²) in [5.41, 5.74) is -0.133. The average Bonchev–Trinajstić information content (AvgIpc) is 3.74. The molecule has 13 nitrogen and oxygen atoms in total. The SMILES string of the molecule is CC(=O)OC(CC(OC(=O)C12CCCCC1CCC(=O)N2)C1(Cc2ccc(O)c3c2CC(C2(CO)CCCC2)CO3)CCNCC1)C(CCC(C)O)CCC(O)CCCO. The molecule has 8 unspecified atom stereocenters. The van der Waals surface area contributed by atoms with Crippen molar-refractivity contribution in [1.82, 2.24) is 10.6 Å². The molecule has 3 aliphatic heterocycles. The first kappa shape index (κ1) is 46.5. The molecule has 5 aliphatic rings. The van der Waals surface area contributed by atoms with Crippen LogP contribution in [-0.2, 0) is 36.7 Å². The molecule has 4 fully saturated rings. The highest BCUT2D eigenvalue weighted by atomic mass is 16.6. The second-order valence-corrected chi connectivity index (χ2v) is 19.3. The fourth-order valence-electron chi connectivity index (χ4n) is 11.8. The summed E-state index contributed by atoms with van der Waals surface area (Å²) in [5.74, 6) is -0.768. The molecule has 13 heteroatoms. The minimum Gasteiger partial charge on any atom is -0.504 e. The summed E-state index contributed by atoms with van der Waals surface area (Å²) in [6.07, 6.45) is 10.7. The van der Waals surface area contributed by atoms with Gasteiger partial charge >= 0.3 is 11.9 Å². The van der Waals surface area contributed by atoms with E-state index in [0.717, 1.165) is 56.1 Å². The maximum atomic E-state index is 15.1. The molecule has 338 valence electrons. The Morgan fingerprint density at radius 3 is 2.35 bits per heavy atom. The van der Waals surface area contributed by atoms with E-state index in [1.165, 1.54) is 6.92 Å². The van der Waals surface area contributed by atoms with Crippen LogP contribution in [0.5, 0.6) is 11.5 Å². The van der Waals surface area contributed by atoms with Crippen molar-refractivity contribution in [2.75, 3.05) is 32.9 Å². The number of ether oxygens (including phenoxy) is 3. The average molecular weight is 843 g/mol. The molecule has 2 saturated heterocycles. The number of hydrogen-bond donors (Lipinski definition) is 7. The van der Waals surface area contributed by atoms with Gasteiger partial charge in [-0.05, 0) is 145 Å². The number of rotatable bonds is 20. The second kappa shape index (κ2) is 20.9. The molecular weight excluding hydrogens is 769 g/mol. The van der Waals surface area contributed by atoms with E-state index in [0.29, 0.717) is 109 Å². The van der Waals surface area contributed by atoms with Gasteiger partial charge in [0.1, 0.15) is 17.7 Å². The van der Waals surface area contributed by atoms with E-state index in [2.05, 4.69) is 10.6 Å². The number of piperidine rings is 2. The van der Waals surface area contributed by atoms with E-state index in [1.807, 2.05) is 6.07 Å². The van der Waals surface area contributed by atoms with Crippen molar-refractivity contribution in [3.05, 3.63) is 23.3 Å². The summed E-state index contributed by atoms with van der Waals surface area (Å²) >= 11 is 0. The van der Waals surface area contributed by atoms with Gasteiger partial charge in [-0.15, -0.1) is 0 Å². The number of hydrogen-bond acceptors (Lipinski definition) is 12. The molecule has 2 saturated carbocycles. The number of amides is 1. The number of benzene rings is 1. The molecule has 1 amide bonds. The van der Waals surface area contributed by atoms with Crippen LogP contribution in [0.2, 0.25) is 0 Å². The number of nitrogens with one attached hydrogen (secondary N) is 2. The predicted octanol–water partition coefficient (Wildman–Crippen LogP) is 5.17. The minimum absolute atomic E-state index is 0.0231. The van der Waals surface area contributed by atoms with Crippen molar-refractivity contribution in [3.8, 4) is 11.5 Å². The molecule has 6 rings (SSSR count).